The summed E-state index contributed by atoms with van der Waals surface area (Å²) in [6, 6.07) is 9.16. The van der Waals surface area contributed by atoms with E-state index in [1.807, 2.05) is 30.3 Å². The summed E-state index contributed by atoms with van der Waals surface area (Å²) in [4.78, 5) is 23.1. The number of hydrogen-bond donors (Lipinski definition) is 0. The van der Waals surface area contributed by atoms with E-state index in [2.05, 4.69) is 0 Å². The van der Waals surface area contributed by atoms with Crippen LogP contribution in [0.25, 0.3) is 0 Å². The molecular weight excluding hydrogens is 230 g/mol. The number of quaternary nitrogens is 1. The quantitative estimate of drug-likeness (QED) is 0.612. The zero-order valence-corrected chi connectivity index (χ0v) is 11.3. The third-order valence-electron chi connectivity index (χ3n) is 2.56. The van der Waals surface area contributed by atoms with Crippen molar-refractivity contribution in [3.8, 4) is 0 Å². The molecule has 4 heteroatoms. The van der Waals surface area contributed by atoms with Gasteiger partial charge in [0.15, 0.2) is 6.29 Å². The monoisotopic (exact) mass is 250 g/mol. The Morgan fingerprint density at radius 1 is 1.28 bits per heavy atom. The van der Waals surface area contributed by atoms with Crippen molar-refractivity contribution < 1.29 is 14.3 Å². The molecule has 1 amide bonds. The zero-order valence-electron chi connectivity index (χ0n) is 11.3. The van der Waals surface area contributed by atoms with Crippen molar-refractivity contribution in [2.75, 3.05) is 13.6 Å². The minimum Gasteiger partial charge on any atom is -0.414 e. The Morgan fingerprint density at radius 2 is 1.83 bits per heavy atom. The molecule has 0 N–H and O–H groups in total. The number of hydrogen-bond acceptors (Lipinski definition) is 3. The van der Waals surface area contributed by atoms with E-state index in [1.165, 1.54) is 0 Å². The van der Waals surface area contributed by atoms with E-state index < -0.39 is 11.7 Å². The molecule has 0 fully saturated rings. The molecule has 0 aromatic heterocycles. The van der Waals surface area contributed by atoms with Crippen LogP contribution in [0, 0.1) is 0 Å². The van der Waals surface area contributed by atoms with Crippen LogP contribution in [-0.4, -0.2) is 31.6 Å². The Hall–Kier alpha value is -1.68. The van der Waals surface area contributed by atoms with Crippen LogP contribution >= 0.6 is 0 Å². The minimum absolute atomic E-state index is 0.0545. The van der Waals surface area contributed by atoms with E-state index in [0.29, 0.717) is 0 Å². The van der Waals surface area contributed by atoms with Crippen molar-refractivity contribution >= 4 is 18.1 Å². The molecule has 0 saturated carbocycles. The fourth-order valence-electron chi connectivity index (χ4n) is 1.55. The summed E-state index contributed by atoms with van der Waals surface area (Å²) in [6.45, 7) is 5.47. The van der Waals surface area contributed by atoms with Gasteiger partial charge < -0.3 is 4.74 Å². The summed E-state index contributed by atoms with van der Waals surface area (Å²) in [6.07, 6.45) is 0.303. The van der Waals surface area contributed by atoms with Crippen molar-refractivity contribution in [2.45, 2.75) is 26.4 Å². The SMILES string of the molecule is CC(C)(C)OC(=O)[N+](C)(CC=O)c1ccccc1. The van der Waals surface area contributed by atoms with Crippen LogP contribution in [0.15, 0.2) is 30.3 Å². The Morgan fingerprint density at radius 3 is 2.28 bits per heavy atom. The number of nitrogens with zero attached hydrogens (tertiary/aromatic N) is 1. The highest BCUT2D eigenvalue weighted by Crippen LogP contribution is 2.23. The average Bonchev–Trinajstić information content (AvgIpc) is 2.28. The Balaban J connectivity index is 3.08. The number of aldehydes is 1. The van der Waals surface area contributed by atoms with Crippen molar-refractivity contribution in [1.29, 1.82) is 0 Å². The molecule has 0 aliphatic carbocycles. The van der Waals surface area contributed by atoms with Gasteiger partial charge in [-0.2, -0.15) is 9.28 Å². The second kappa shape index (κ2) is 5.31. The van der Waals surface area contributed by atoms with Crippen molar-refractivity contribution in [1.82, 2.24) is 4.48 Å². The summed E-state index contributed by atoms with van der Waals surface area (Å²) in [5.74, 6) is 0. The molecule has 0 saturated heterocycles. The van der Waals surface area contributed by atoms with Gasteiger partial charge >= 0.3 is 6.09 Å². The van der Waals surface area contributed by atoms with Gasteiger partial charge in [0.25, 0.3) is 0 Å². The number of carbonyl (C=O) groups excluding carboxylic acids is 2. The van der Waals surface area contributed by atoms with Gasteiger partial charge in [0.2, 0.25) is 0 Å². The lowest BCUT2D eigenvalue weighted by atomic mass is 10.2. The lowest BCUT2D eigenvalue weighted by Crippen LogP contribution is -2.53. The number of ether oxygens (including phenoxy) is 1. The van der Waals surface area contributed by atoms with E-state index in [4.69, 9.17) is 4.74 Å². The van der Waals surface area contributed by atoms with E-state index in [0.717, 1.165) is 12.0 Å². The first-order valence-corrected chi connectivity index (χ1v) is 5.88. The molecule has 0 spiro atoms. The number of likely N-dealkylation sites (N-methyl/N-ethyl adjacent to an activating group) is 1. The van der Waals surface area contributed by atoms with Crippen molar-refractivity contribution in [2.24, 2.45) is 0 Å². The molecule has 0 radical (unpaired) electrons. The lowest BCUT2D eigenvalue weighted by molar-refractivity contribution is -0.108. The van der Waals surface area contributed by atoms with Crippen LogP contribution in [0.2, 0.25) is 0 Å². The fourth-order valence-corrected chi connectivity index (χ4v) is 1.55. The van der Waals surface area contributed by atoms with Crippen LogP contribution in [0.4, 0.5) is 10.5 Å². The first kappa shape index (κ1) is 14.4. The fraction of sp³-hybridized carbons (Fsp3) is 0.429. The van der Waals surface area contributed by atoms with Crippen LogP contribution in [0.5, 0.6) is 0 Å². The third kappa shape index (κ3) is 3.40. The smallest absolute Gasteiger partial charge is 0.414 e. The Labute approximate surface area is 108 Å². The molecule has 1 aromatic rings. The lowest BCUT2D eigenvalue weighted by Gasteiger charge is -2.31. The van der Waals surface area contributed by atoms with Crippen LogP contribution in [0.1, 0.15) is 20.8 Å². The molecule has 1 aromatic carbocycles. The molecule has 18 heavy (non-hydrogen) atoms. The molecule has 0 aliphatic rings. The number of carbonyl (C=O) groups is 2. The largest absolute Gasteiger partial charge is 0.521 e. The van der Waals surface area contributed by atoms with Gasteiger partial charge in [-0.25, -0.2) is 0 Å². The van der Waals surface area contributed by atoms with E-state index in [9.17, 15) is 9.59 Å². The highest BCUT2D eigenvalue weighted by Gasteiger charge is 2.38. The first-order valence-electron chi connectivity index (χ1n) is 5.88. The number of para-hydroxylation sites is 1. The highest BCUT2D eigenvalue weighted by atomic mass is 16.6. The predicted molar refractivity (Wildman–Crippen MR) is 71.3 cm³/mol. The summed E-state index contributed by atoms with van der Waals surface area (Å²) >= 11 is 0. The molecule has 1 atom stereocenters. The number of rotatable bonds is 3. The second-order valence-corrected chi connectivity index (χ2v) is 5.36. The highest BCUT2D eigenvalue weighted by molar-refractivity contribution is 5.85. The van der Waals surface area contributed by atoms with Gasteiger partial charge in [-0.15, -0.1) is 0 Å². The molecule has 98 valence electrons. The molecule has 0 heterocycles. The summed E-state index contributed by atoms with van der Waals surface area (Å²) < 4.78 is 5.21. The van der Waals surface area contributed by atoms with E-state index >= 15 is 0 Å². The summed E-state index contributed by atoms with van der Waals surface area (Å²) in [7, 11) is 1.68. The van der Waals surface area contributed by atoms with E-state index in [1.54, 1.807) is 27.8 Å². The molecule has 0 aliphatic heterocycles. The van der Waals surface area contributed by atoms with Gasteiger partial charge in [0.05, 0.1) is 7.05 Å². The average molecular weight is 250 g/mol. The van der Waals surface area contributed by atoms with Gasteiger partial charge in [-0.3, -0.25) is 4.79 Å². The third-order valence-corrected chi connectivity index (χ3v) is 2.56. The Kier molecular flexibility index (Phi) is 4.24. The van der Waals surface area contributed by atoms with Crippen LogP contribution in [-0.2, 0) is 9.53 Å². The van der Waals surface area contributed by atoms with Gasteiger partial charge in [-0.1, -0.05) is 18.2 Å². The molecular formula is C14H20NO3+. The second-order valence-electron chi connectivity index (χ2n) is 5.36. The molecule has 4 nitrogen and oxygen atoms in total. The number of benzene rings is 1. The standard InChI is InChI=1S/C14H20NO3/c1-14(2,3)18-13(17)15(4,10-11-16)12-8-6-5-7-9-12/h5-9,11H,10H2,1-4H3/q+1. The topological polar surface area (TPSA) is 43.4 Å². The predicted octanol–water partition coefficient (Wildman–Crippen LogP) is 2.76. The van der Waals surface area contributed by atoms with Gasteiger partial charge in [0.1, 0.15) is 17.8 Å². The normalized spacial score (nSPS) is 14.7. The molecule has 0 bridgehead atoms. The molecule has 1 rings (SSSR count). The van der Waals surface area contributed by atoms with Gasteiger partial charge in [0, 0.05) is 0 Å². The van der Waals surface area contributed by atoms with Crippen LogP contribution < -0.4 is 4.48 Å². The summed E-state index contributed by atoms with van der Waals surface area (Å²) in [5.41, 5.74) is 0.160. The summed E-state index contributed by atoms with van der Waals surface area (Å²) in [5, 5.41) is 0. The van der Waals surface area contributed by atoms with Crippen LogP contribution in [0.3, 0.4) is 0 Å². The molecule has 1 unspecified atom stereocenters. The van der Waals surface area contributed by atoms with Gasteiger partial charge in [-0.05, 0) is 32.9 Å². The Bertz CT molecular complexity index is 422. The zero-order chi connectivity index (χ0) is 13.8. The van der Waals surface area contributed by atoms with Crippen molar-refractivity contribution in [3.63, 3.8) is 0 Å². The maximum atomic E-state index is 12.3. The first-order chi connectivity index (χ1) is 8.29. The number of amides is 1. The van der Waals surface area contributed by atoms with Crippen molar-refractivity contribution in [3.05, 3.63) is 30.3 Å². The minimum atomic E-state index is -0.575. The van der Waals surface area contributed by atoms with E-state index in [-0.39, 0.29) is 11.0 Å². The maximum absolute atomic E-state index is 12.3. The maximum Gasteiger partial charge on any atom is 0.521 e.